The standard InChI is InChI=1S/C14H24N2O/c17-14(13-6-1-2-7-15-13)16-9-11-4-3-5-12(8-11)10-16/h11-13,15H,1-10H2. The van der Waals surface area contributed by atoms with Crippen molar-refractivity contribution in [2.45, 2.75) is 51.0 Å². The summed E-state index contributed by atoms with van der Waals surface area (Å²) in [4.78, 5) is 14.6. The van der Waals surface area contributed by atoms with Gasteiger partial charge in [0.1, 0.15) is 0 Å². The Morgan fingerprint density at radius 1 is 1.00 bits per heavy atom. The van der Waals surface area contributed by atoms with Crippen molar-refractivity contribution in [1.82, 2.24) is 10.2 Å². The molecule has 1 aliphatic carbocycles. The highest BCUT2D eigenvalue weighted by Gasteiger charge is 2.35. The summed E-state index contributed by atoms with van der Waals surface area (Å²) in [6.45, 7) is 3.10. The van der Waals surface area contributed by atoms with Crippen LogP contribution >= 0.6 is 0 Å². The number of fused-ring (bicyclic) bond motifs is 2. The van der Waals surface area contributed by atoms with E-state index in [4.69, 9.17) is 0 Å². The molecule has 3 atom stereocenters. The van der Waals surface area contributed by atoms with E-state index in [-0.39, 0.29) is 6.04 Å². The van der Waals surface area contributed by atoms with Crippen LogP contribution in [0.4, 0.5) is 0 Å². The van der Waals surface area contributed by atoms with Crippen molar-refractivity contribution in [2.75, 3.05) is 19.6 Å². The first-order valence-corrected chi connectivity index (χ1v) is 7.35. The predicted octanol–water partition coefficient (Wildman–Crippen LogP) is 1.78. The molecule has 3 nitrogen and oxygen atoms in total. The van der Waals surface area contributed by atoms with Gasteiger partial charge in [0.15, 0.2) is 0 Å². The Hall–Kier alpha value is -0.570. The van der Waals surface area contributed by atoms with Gasteiger partial charge in [-0.3, -0.25) is 4.79 Å². The molecule has 3 heteroatoms. The quantitative estimate of drug-likeness (QED) is 0.752. The lowest BCUT2D eigenvalue weighted by Gasteiger charge is -2.42. The number of nitrogens with one attached hydrogen (secondary N) is 1. The lowest BCUT2D eigenvalue weighted by atomic mass is 9.77. The first kappa shape index (κ1) is 11.5. The van der Waals surface area contributed by atoms with Crippen LogP contribution in [0.5, 0.6) is 0 Å². The summed E-state index contributed by atoms with van der Waals surface area (Å²) in [6, 6.07) is 0.127. The normalized spacial score (nSPS) is 37.9. The SMILES string of the molecule is O=C(C1CCCCN1)N1CC2CCCC(C2)C1. The van der Waals surface area contributed by atoms with Gasteiger partial charge in [0, 0.05) is 13.1 Å². The van der Waals surface area contributed by atoms with Crippen LogP contribution in [0.3, 0.4) is 0 Å². The first-order valence-electron chi connectivity index (χ1n) is 7.35. The maximum Gasteiger partial charge on any atom is 0.239 e. The van der Waals surface area contributed by atoms with Gasteiger partial charge >= 0.3 is 0 Å². The molecule has 2 aliphatic heterocycles. The van der Waals surface area contributed by atoms with Crippen LogP contribution in [-0.2, 0) is 4.79 Å². The lowest BCUT2D eigenvalue weighted by Crippen LogP contribution is -2.53. The summed E-state index contributed by atoms with van der Waals surface area (Å²) in [5, 5.41) is 3.39. The molecule has 0 spiro atoms. The highest BCUT2D eigenvalue weighted by molar-refractivity contribution is 5.82. The molecule has 3 unspecified atom stereocenters. The van der Waals surface area contributed by atoms with Crippen molar-refractivity contribution in [3.63, 3.8) is 0 Å². The van der Waals surface area contributed by atoms with E-state index in [9.17, 15) is 4.79 Å². The highest BCUT2D eigenvalue weighted by atomic mass is 16.2. The molecule has 2 saturated heterocycles. The Labute approximate surface area is 104 Å². The Bertz CT molecular complexity index is 274. The van der Waals surface area contributed by atoms with Crippen LogP contribution in [0.2, 0.25) is 0 Å². The third-order valence-electron chi connectivity index (χ3n) is 4.77. The molecule has 0 aromatic carbocycles. The number of nitrogens with zero attached hydrogens (tertiary/aromatic N) is 1. The van der Waals surface area contributed by atoms with Crippen LogP contribution in [0.1, 0.15) is 44.9 Å². The molecule has 2 heterocycles. The largest absolute Gasteiger partial charge is 0.341 e. The summed E-state index contributed by atoms with van der Waals surface area (Å²) in [6.07, 6.45) is 8.95. The number of hydrogen-bond donors (Lipinski definition) is 1. The van der Waals surface area contributed by atoms with E-state index in [1.807, 2.05) is 0 Å². The van der Waals surface area contributed by atoms with Crippen molar-refractivity contribution in [2.24, 2.45) is 11.8 Å². The van der Waals surface area contributed by atoms with E-state index >= 15 is 0 Å². The smallest absolute Gasteiger partial charge is 0.239 e. The molecule has 1 saturated carbocycles. The second-order valence-corrected chi connectivity index (χ2v) is 6.14. The van der Waals surface area contributed by atoms with Crippen LogP contribution in [0, 0.1) is 11.8 Å². The Morgan fingerprint density at radius 3 is 2.41 bits per heavy atom. The van der Waals surface area contributed by atoms with Gasteiger partial charge in [0.25, 0.3) is 0 Å². The predicted molar refractivity (Wildman–Crippen MR) is 67.7 cm³/mol. The first-order chi connectivity index (χ1) is 8.33. The van der Waals surface area contributed by atoms with Crippen LogP contribution < -0.4 is 5.32 Å². The molecule has 0 radical (unpaired) electrons. The molecule has 3 fully saturated rings. The van der Waals surface area contributed by atoms with E-state index in [1.165, 1.54) is 38.5 Å². The van der Waals surface area contributed by atoms with E-state index in [2.05, 4.69) is 10.2 Å². The van der Waals surface area contributed by atoms with Crippen LogP contribution in [0.15, 0.2) is 0 Å². The van der Waals surface area contributed by atoms with E-state index in [0.717, 1.165) is 37.9 Å². The summed E-state index contributed by atoms with van der Waals surface area (Å²) < 4.78 is 0. The minimum atomic E-state index is 0.127. The fourth-order valence-electron chi connectivity index (χ4n) is 3.89. The number of carbonyl (C=O) groups excluding carboxylic acids is 1. The third kappa shape index (κ3) is 2.49. The molecule has 2 bridgehead atoms. The Morgan fingerprint density at radius 2 is 1.76 bits per heavy atom. The van der Waals surface area contributed by atoms with Crippen molar-refractivity contribution < 1.29 is 4.79 Å². The van der Waals surface area contributed by atoms with E-state index in [1.54, 1.807) is 0 Å². The van der Waals surface area contributed by atoms with Gasteiger partial charge in [-0.2, -0.15) is 0 Å². The van der Waals surface area contributed by atoms with E-state index < -0.39 is 0 Å². The molecule has 96 valence electrons. The van der Waals surface area contributed by atoms with Crippen molar-refractivity contribution in [3.8, 4) is 0 Å². The molecule has 3 rings (SSSR count). The third-order valence-corrected chi connectivity index (χ3v) is 4.77. The second-order valence-electron chi connectivity index (χ2n) is 6.14. The molecule has 1 N–H and O–H groups in total. The van der Waals surface area contributed by atoms with Crippen LogP contribution in [0.25, 0.3) is 0 Å². The number of likely N-dealkylation sites (tertiary alicyclic amines) is 1. The zero-order valence-corrected chi connectivity index (χ0v) is 10.7. The molecule has 1 amide bonds. The Kier molecular flexibility index (Phi) is 3.37. The Balaban J connectivity index is 1.61. The summed E-state index contributed by atoms with van der Waals surface area (Å²) >= 11 is 0. The maximum absolute atomic E-state index is 12.4. The maximum atomic E-state index is 12.4. The summed E-state index contributed by atoms with van der Waals surface area (Å²) in [7, 11) is 0. The number of rotatable bonds is 1. The van der Waals surface area contributed by atoms with Gasteiger partial charge in [-0.05, 0) is 50.5 Å². The lowest BCUT2D eigenvalue weighted by molar-refractivity contribution is -0.137. The second kappa shape index (κ2) is 4.97. The monoisotopic (exact) mass is 236 g/mol. The molecular formula is C14H24N2O. The zero-order valence-electron chi connectivity index (χ0n) is 10.7. The summed E-state index contributed by atoms with van der Waals surface area (Å²) in [5.74, 6) is 1.99. The molecule has 3 aliphatic rings. The van der Waals surface area contributed by atoms with Crippen molar-refractivity contribution in [1.29, 1.82) is 0 Å². The fraction of sp³-hybridized carbons (Fsp3) is 0.929. The topological polar surface area (TPSA) is 32.3 Å². The minimum Gasteiger partial charge on any atom is -0.341 e. The average molecular weight is 236 g/mol. The fourth-order valence-corrected chi connectivity index (χ4v) is 3.89. The molecule has 17 heavy (non-hydrogen) atoms. The number of carbonyl (C=O) groups is 1. The number of piperidine rings is 2. The minimum absolute atomic E-state index is 0.127. The van der Waals surface area contributed by atoms with Gasteiger partial charge in [-0.1, -0.05) is 12.8 Å². The average Bonchev–Trinajstić information content (AvgIpc) is 2.38. The van der Waals surface area contributed by atoms with Crippen LogP contribution in [-0.4, -0.2) is 36.5 Å². The van der Waals surface area contributed by atoms with Gasteiger partial charge in [-0.25, -0.2) is 0 Å². The molecular weight excluding hydrogens is 212 g/mol. The van der Waals surface area contributed by atoms with Gasteiger partial charge in [0.2, 0.25) is 5.91 Å². The molecule has 0 aromatic rings. The van der Waals surface area contributed by atoms with Crippen molar-refractivity contribution in [3.05, 3.63) is 0 Å². The highest BCUT2D eigenvalue weighted by Crippen LogP contribution is 2.34. The number of amides is 1. The van der Waals surface area contributed by atoms with Gasteiger partial charge in [-0.15, -0.1) is 0 Å². The van der Waals surface area contributed by atoms with Crippen molar-refractivity contribution >= 4 is 5.91 Å². The molecule has 0 aromatic heterocycles. The number of hydrogen-bond acceptors (Lipinski definition) is 2. The summed E-state index contributed by atoms with van der Waals surface area (Å²) in [5.41, 5.74) is 0. The van der Waals surface area contributed by atoms with E-state index in [0.29, 0.717) is 5.91 Å². The van der Waals surface area contributed by atoms with Gasteiger partial charge < -0.3 is 10.2 Å². The zero-order chi connectivity index (χ0) is 11.7. The van der Waals surface area contributed by atoms with Gasteiger partial charge in [0.05, 0.1) is 6.04 Å².